The van der Waals surface area contributed by atoms with Crippen molar-refractivity contribution in [1.29, 1.82) is 5.41 Å². The fourth-order valence-corrected chi connectivity index (χ4v) is 13.0. The number of carbonyl (C=O) groups excluding carboxylic acids is 1. The second-order valence-electron chi connectivity index (χ2n) is 28.9. The van der Waals surface area contributed by atoms with E-state index in [-0.39, 0.29) is 158 Å². The molecular formula is C92H84BBrCl6F20N11NaO13. The van der Waals surface area contributed by atoms with E-state index < -0.39 is 147 Å². The number of anilines is 4. The number of rotatable bonds is 16. The molecule has 17 N–H and O–H groups in total. The van der Waals surface area contributed by atoms with E-state index in [1.54, 1.807) is 0 Å². The number of nitrogens with two attached hydrogens (primary N) is 5. The maximum atomic E-state index is 13.4. The Morgan fingerprint density at radius 2 is 0.841 bits per heavy atom. The number of unbranched alkanes of at least 4 members (excludes halogenated alkanes) is 1. The Bertz CT molecular complexity index is 6270. The number of alkyl halides is 21. The van der Waals surface area contributed by atoms with Crippen LogP contribution in [0.5, 0.6) is 0 Å². The minimum absolute atomic E-state index is 0. The summed E-state index contributed by atoms with van der Waals surface area (Å²) in [6.07, 6.45) is -20.6. The summed E-state index contributed by atoms with van der Waals surface area (Å²) < 4.78 is 259. The third kappa shape index (κ3) is 41.4. The molecule has 11 aromatic rings. The summed E-state index contributed by atoms with van der Waals surface area (Å²) in [5.41, 5.74) is 20.1. The number of nitrogen functional groups attached to an aromatic ring is 4. The summed E-state index contributed by atoms with van der Waals surface area (Å²) in [4.78, 5) is 58.9. The third-order valence-corrected chi connectivity index (χ3v) is 20.4. The van der Waals surface area contributed by atoms with Crippen molar-refractivity contribution >= 4 is 179 Å². The smallest absolute Gasteiger partial charge is 0.870 e. The second-order valence-corrected chi connectivity index (χ2v) is 34.4. The van der Waals surface area contributed by atoms with Gasteiger partial charge in [0.05, 0.1) is 79.8 Å². The van der Waals surface area contributed by atoms with Crippen molar-refractivity contribution < 1.29 is 172 Å². The predicted octanol–water partition coefficient (Wildman–Crippen LogP) is 23.0. The number of hydrogen-bond donors (Lipinski definition) is 11. The largest absolute Gasteiger partial charge is 1.00 e. The number of methoxy groups -OCH3 is 1. The van der Waals surface area contributed by atoms with Crippen LogP contribution in [0.4, 0.5) is 133 Å². The Hall–Kier alpha value is -11.5. The number of hydrogen-bond acceptors (Lipinski definition) is 20. The molecule has 0 radical (unpaired) electrons. The van der Waals surface area contributed by atoms with Crippen LogP contribution in [0.1, 0.15) is 97.3 Å². The molecule has 0 unspecified atom stereocenters. The average Bonchev–Trinajstić information content (AvgIpc) is 1.63. The number of nitrogens with one attached hydrogen (secondary N) is 2. The van der Waals surface area contributed by atoms with Gasteiger partial charge in [-0.2, -0.15) is 65.9 Å². The van der Waals surface area contributed by atoms with E-state index in [9.17, 15) is 118 Å². The normalized spacial score (nSPS) is 11.8. The van der Waals surface area contributed by atoms with Crippen LogP contribution in [0, 0.1) is 54.7 Å². The van der Waals surface area contributed by atoms with Crippen molar-refractivity contribution in [2.45, 2.75) is 105 Å². The summed E-state index contributed by atoms with van der Waals surface area (Å²) >= 11 is 35.5. The molecule has 778 valence electrons. The van der Waals surface area contributed by atoms with Gasteiger partial charge in [-0.05, 0) is 177 Å². The van der Waals surface area contributed by atoms with Gasteiger partial charge >= 0.3 is 73.5 Å². The second kappa shape index (κ2) is 57.6. The zero-order valence-electron chi connectivity index (χ0n) is 73.7. The number of halogens is 27. The molecule has 0 spiro atoms. The minimum Gasteiger partial charge on any atom is -0.870 e. The molecule has 0 fully saturated rings. The van der Waals surface area contributed by atoms with Gasteiger partial charge in [-0.15, -0.1) is 0 Å². The average molecular weight is 2260 g/mol. The van der Waals surface area contributed by atoms with Crippen LogP contribution >= 0.6 is 85.5 Å². The molecule has 0 saturated carbocycles. The number of carboxylic acids is 2. The molecule has 0 saturated heterocycles. The Morgan fingerprint density at radius 3 is 1.17 bits per heavy atom. The van der Waals surface area contributed by atoms with Crippen LogP contribution in [-0.4, -0.2) is 112 Å². The molecule has 2 aliphatic heterocycles. The third-order valence-electron chi connectivity index (χ3n) is 18.8. The van der Waals surface area contributed by atoms with Gasteiger partial charge in [-0.3, -0.25) is 40.2 Å². The van der Waals surface area contributed by atoms with Crippen LogP contribution in [-0.2, 0) is 58.0 Å². The monoisotopic (exact) mass is 2250 g/mol. The van der Waals surface area contributed by atoms with Gasteiger partial charge in [0.15, 0.2) is 5.78 Å². The van der Waals surface area contributed by atoms with Gasteiger partial charge in [0.2, 0.25) is 9.69 Å². The molecule has 1 atom stereocenters. The maximum absolute atomic E-state index is 13.4. The number of aliphatic carboxylic acids is 2. The number of fused-ring (bicyclic) bond motifs is 2. The molecule has 2 aliphatic rings. The van der Waals surface area contributed by atoms with Crippen LogP contribution in [0.3, 0.4) is 0 Å². The summed E-state index contributed by atoms with van der Waals surface area (Å²) in [5.74, 6) is -4.84. The number of carboxylic acid groups (broad SMARTS) is 2. The number of nitro benzene ring substituents is 2. The van der Waals surface area contributed by atoms with E-state index in [0.717, 1.165) is 98.5 Å². The molecule has 24 nitrogen and oxygen atoms in total. The van der Waals surface area contributed by atoms with Crippen molar-refractivity contribution in [3.63, 3.8) is 0 Å². The van der Waals surface area contributed by atoms with E-state index in [1.807, 2.05) is 30.3 Å². The summed E-state index contributed by atoms with van der Waals surface area (Å²) in [5, 5.41) is 64.7. The quantitative estimate of drug-likeness (QED) is 0.00492. The van der Waals surface area contributed by atoms with E-state index in [0.29, 0.717) is 47.4 Å². The Kier molecular flexibility index (Phi) is 52.2. The number of nitro groups is 2. The van der Waals surface area contributed by atoms with Gasteiger partial charge in [-0.25, -0.2) is 31.7 Å². The first-order valence-corrected chi connectivity index (χ1v) is 42.5. The van der Waals surface area contributed by atoms with Gasteiger partial charge in [0.25, 0.3) is 21.1 Å². The minimum atomic E-state index is -4.83. The fourth-order valence-electron chi connectivity index (χ4n) is 12.0. The molecule has 53 heteroatoms. The van der Waals surface area contributed by atoms with E-state index in [2.05, 4.69) is 42.9 Å². The number of aliphatic imine (C=N–C) groups is 2. The Morgan fingerprint density at radius 1 is 0.510 bits per heavy atom. The molecule has 13 rings (SSSR count). The van der Waals surface area contributed by atoms with Crippen molar-refractivity contribution in [3.8, 4) is 44.5 Å². The zero-order chi connectivity index (χ0) is 107. The maximum Gasteiger partial charge on any atom is 1.00 e. The summed E-state index contributed by atoms with van der Waals surface area (Å²) in [6, 6.07) is 44.6. The van der Waals surface area contributed by atoms with Crippen molar-refractivity contribution in [2.24, 2.45) is 15.7 Å². The van der Waals surface area contributed by atoms with Crippen LogP contribution < -0.4 is 69.0 Å². The van der Waals surface area contributed by atoms with Crippen molar-refractivity contribution in [2.75, 3.05) is 43.1 Å². The number of carbonyl (C=O) groups is 3. The molecule has 0 amide bonds. The predicted molar refractivity (Wildman–Crippen MR) is 518 cm³/mol. The topological polar surface area (TPSA) is 448 Å². The zero-order valence-corrected chi connectivity index (χ0v) is 81.8. The van der Waals surface area contributed by atoms with Gasteiger partial charge < -0.3 is 64.5 Å². The molecule has 2 heterocycles. The first-order valence-electron chi connectivity index (χ1n) is 39.4. The standard InChI is InChI=1S/C16H8Cl3F4N.C16H9F4NO2.C14H22N2O.C13H8F4N2O2.C13H10F4N2.C7H4BrF3N2O2.C6H6BFO2.C3H4Cl3NO.C2H4O2.2CH4.Na.H2O/c17-15(18,19)14-7-11-12(16(21,22)23)5-9(6-13(11)24-14)8-1-3-10(20)4-2-8;17-10-3-1-8(2-4-10)9-5-12(16(18,19)20)11-7-14(15(22)23)21-13(11)6-9;1-2-3-9-13(10-15)16-11-14(17)12-7-5-4-6-8-12;14-9-3-1-7(2-4-9)8-5-10(13(15,16)17)12(18)11(6-8)19(20)21;14-9-3-1-7(2-4-9)8-5-10(13(15,16)17)12(19)11(18)6-8;8-3-1-4(7(9,10)11)6(12)5(2-3)13(14)15;8-6-3-1-5(2-4-6)7(9)10;1-8-2(7)3(4,5)6;1-2(3)4;;;;/h1-6H,7H2;1-6H,7H2,(H,22,23);4-8,13,16H,2-3,9-11,15H2,1H3;1-6H,18H2;1-6H,18-19H2;1-2H,12H2;1-4,9-10H;7H,1H3;1H3,(H,3,4);2*1H4;;1H2/q;;;;;;;;;;;+1;/p-1/t;;13-;;;;;;;;;;/m..0........../s1. The van der Waals surface area contributed by atoms with Crippen LogP contribution in [0.2, 0.25) is 0 Å². The van der Waals surface area contributed by atoms with Crippen molar-refractivity contribution in [3.05, 3.63) is 311 Å². The molecule has 145 heavy (non-hydrogen) atoms. The SMILES string of the molecule is C.C.CC(=O)O.CCCC[C@@H](CN)NCC(=O)c1ccccc1.COC(=N)C(Cl)(Cl)Cl.Fc1ccc(-c2cc3c(c(C(F)(F)F)c2)CC(C(Cl)(Cl)Cl)=N3)cc1.Nc1c([N+](=O)[O-])cc(-c2ccc(F)cc2)cc1C(F)(F)F.Nc1c([N+](=O)[O-])cc(Br)cc1C(F)(F)F.Nc1cc(-c2ccc(F)cc2)cc(C(F)(F)F)c1N.O=C(O)C1=Nc2cc(-c3ccc(F)cc3)cc(C(F)(F)F)c2C1.OB(O)c1ccc(F)cc1.[Na+].[OH-]. The molecule has 11 aromatic carbocycles. The fraction of sp³-hybridized carbons (Fsp3) is 0.217. The Balaban J connectivity index is 0.000000834. The van der Waals surface area contributed by atoms with E-state index >= 15 is 0 Å². The van der Waals surface area contributed by atoms with Crippen LogP contribution in [0.15, 0.2) is 227 Å². The molecule has 0 aromatic heterocycles. The number of ether oxygens (including phenoxy) is 1. The first kappa shape index (κ1) is 132. The first-order chi connectivity index (χ1) is 65.2. The summed E-state index contributed by atoms with van der Waals surface area (Å²) in [7, 11) is -0.245. The number of nitrogens with zero attached hydrogens (tertiary/aromatic N) is 4. The molecule has 0 aliphatic carbocycles. The molecular weight excluding hydrogens is 2170 g/mol. The van der Waals surface area contributed by atoms with Crippen molar-refractivity contribution in [1.82, 2.24) is 5.32 Å². The number of Topliss-reactive ketones (excluding diaryl/α,β-unsaturated/α-hetero) is 1. The van der Waals surface area contributed by atoms with E-state index in [1.165, 1.54) is 110 Å². The summed E-state index contributed by atoms with van der Waals surface area (Å²) in [6.45, 7) is 4.19. The van der Waals surface area contributed by atoms with Gasteiger partial charge in [-0.1, -0.05) is 211 Å². The van der Waals surface area contributed by atoms with Gasteiger partial charge in [0, 0.05) is 54.5 Å². The Labute approximate surface area is 874 Å². The molecule has 0 bridgehead atoms. The number of benzene rings is 11. The number of ketones is 1. The van der Waals surface area contributed by atoms with Gasteiger partial charge in [0.1, 0.15) is 46.2 Å². The van der Waals surface area contributed by atoms with Crippen LogP contribution in [0.25, 0.3) is 44.5 Å². The van der Waals surface area contributed by atoms with E-state index in [4.69, 9.17) is 129 Å².